The Balaban J connectivity index is 0.000000243. The van der Waals surface area contributed by atoms with Crippen molar-refractivity contribution in [3.05, 3.63) is 156 Å². The fourth-order valence-electron chi connectivity index (χ4n) is 7.06. The van der Waals surface area contributed by atoms with E-state index in [0.29, 0.717) is 0 Å². The lowest BCUT2D eigenvalue weighted by Gasteiger charge is -2.25. The normalized spacial score (nSPS) is 21.8. The van der Waals surface area contributed by atoms with Crippen LogP contribution in [0.3, 0.4) is 0 Å². The van der Waals surface area contributed by atoms with E-state index < -0.39 is 168 Å². The number of rotatable bonds is 20. The molecule has 36 heteroatoms. The van der Waals surface area contributed by atoms with Crippen molar-refractivity contribution in [1.29, 1.82) is 0 Å². The number of esters is 2. The third-order valence-electron chi connectivity index (χ3n) is 11.0. The quantitative estimate of drug-likeness (QED) is 0.0118. The molecule has 2 aliphatic rings. The highest BCUT2D eigenvalue weighted by molar-refractivity contribution is 7.52. The molecule has 2 saturated heterocycles. The molecule has 2 aliphatic heterocycles. The lowest BCUT2D eigenvalue weighted by Crippen LogP contribution is -2.41. The van der Waals surface area contributed by atoms with Gasteiger partial charge in [0.1, 0.15) is 48.0 Å². The highest BCUT2D eigenvalue weighted by Crippen LogP contribution is 2.51. The van der Waals surface area contributed by atoms with E-state index in [2.05, 4.69) is 14.7 Å². The van der Waals surface area contributed by atoms with Crippen LogP contribution in [0.15, 0.2) is 104 Å². The number of nitrogens with zero attached hydrogens (tertiary/aromatic N) is 2. The van der Waals surface area contributed by atoms with E-state index in [1.807, 2.05) is 9.97 Å². The van der Waals surface area contributed by atoms with Crippen LogP contribution in [0.2, 0.25) is 0 Å². The number of alkyl halides is 4. The zero-order valence-electron chi connectivity index (χ0n) is 44.3. The Morgan fingerprint density at radius 3 is 1.36 bits per heavy atom. The number of hydrogen-bond donors (Lipinski definition) is 7. The molecule has 10 atom stereocenters. The van der Waals surface area contributed by atoms with Gasteiger partial charge < -0.3 is 47.8 Å². The van der Waals surface area contributed by atoms with Crippen LogP contribution in [0.1, 0.15) is 54.0 Å². The number of para-hydroxylation sites is 2. The third-order valence-corrected chi connectivity index (χ3v) is 15.9. The average molecular weight is 1320 g/mol. The summed E-state index contributed by atoms with van der Waals surface area (Å²) >= 11 is 24.4. The van der Waals surface area contributed by atoms with Crippen molar-refractivity contribution in [2.45, 2.75) is 111 Å². The summed E-state index contributed by atoms with van der Waals surface area (Å²) in [5.41, 5.74) is -2.88. The number of ether oxygens (including phenoxy) is 4. The number of benzene rings is 3. The summed E-state index contributed by atoms with van der Waals surface area (Å²) < 4.78 is 135. The minimum atomic E-state index is -4.91. The van der Waals surface area contributed by atoms with Crippen LogP contribution < -0.4 is 46.2 Å². The first-order chi connectivity index (χ1) is 39.1. The molecule has 7 N–H and O–H groups in total. The Bertz CT molecular complexity index is 3420. The Labute approximate surface area is 491 Å². The summed E-state index contributed by atoms with van der Waals surface area (Å²) in [6.07, 6.45) is -6.60. The van der Waals surface area contributed by atoms with Gasteiger partial charge in [0.15, 0.2) is 21.1 Å². The maximum absolute atomic E-state index is 14.0. The van der Waals surface area contributed by atoms with Gasteiger partial charge in [0.25, 0.3) is 11.1 Å². The molecule has 0 radical (unpaired) electrons. The number of aliphatic hydroxyl groups excluding tert-OH is 3. The van der Waals surface area contributed by atoms with Crippen molar-refractivity contribution in [1.82, 2.24) is 29.3 Å². The summed E-state index contributed by atoms with van der Waals surface area (Å²) in [5, 5.41) is 34.0. The Morgan fingerprint density at radius 2 is 0.976 bits per heavy atom. The molecule has 0 amide bonds. The largest absolute Gasteiger partial charge is 0.513 e. The summed E-state index contributed by atoms with van der Waals surface area (Å²) in [7, 11) is -9.18. The SMILES string of the molecule is CC(C)OC(=O)[C@H](C)NP(=O)(OC[C@H]1O[C@@H](n2ccc(=O)[nH]c2=O)C(Cl)(Cl)[C@@H]1O)Oc1ccccc1.CC(C)OC(=O)[C@H](C)NP(=O)(Oc1ccccc1)Oc1c(F)c(F)c(F)c(F)c1F.O=c1ccn([C@@H]2O[C@H](CO)[C@@H](O)C2(Cl)Cl)c(=O)[nH]1. The smallest absolute Gasteiger partial charge is 0.462 e. The zero-order chi connectivity index (χ0) is 62.8. The summed E-state index contributed by atoms with van der Waals surface area (Å²) in [6.45, 7) is 7.91. The van der Waals surface area contributed by atoms with Crippen molar-refractivity contribution in [2.75, 3.05) is 13.2 Å². The first-order valence-corrected chi connectivity index (χ1v) is 28.9. The van der Waals surface area contributed by atoms with Crippen molar-refractivity contribution >= 4 is 73.8 Å². The van der Waals surface area contributed by atoms with Crippen LogP contribution in [-0.4, -0.2) is 117 Å². The number of halogens is 9. The molecule has 5 aromatic rings. The molecule has 7 rings (SSSR count). The van der Waals surface area contributed by atoms with Gasteiger partial charge in [-0.3, -0.25) is 42.8 Å². The molecule has 4 heterocycles. The predicted molar refractivity (Wildman–Crippen MR) is 288 cm³/mol. The number of carbonyl (C=O) groups is 2. The fourth-order valence-corrected chi connectivity index (χ4v) is 11.3. The van der Waals surface area contributed by atoms with Crippen LogP contribution >= 0.6 is 61.9 Å². The number of aliphatic hydroxyl groups is 3. The molecule has 0 spiro atoms. The zero-order valence-corrected chi connectivity index (χ0v) is 49.1. The number of hydrogen-bond acceptors (Lipinski definition) is 19. The van der Waals surface area contributed by atoms with Crippen LogP contribution in [0.4, 0.5) is 22.0 Å². The average Bonchev–Trinajstić information content (AvgIpc) is 3.84. The summed E-state index contributed by atoms with van der Waals surface area (Å²) in [4.78, 5) is 74.4. The maximum Gasteiger partial charge on any atom is 0.513 e. The lowest BCUT2D eigenvalue weighted by atomic mass is 10.2. The van der Waals surface area contributed by atoms with Gasteiger partial charge in [-0.1, -0.05) is 82.8 Å². The Kier molecular flexibility index (Phi) is 24.0. The molecular weight excluding hydrogens is 1260 g/mol. The minimum absolute atomic E-state index is 0.137. The highest BCUT2D eigenvalue weighted by Gasteiger charge is 2.57. The van der Waals surface area contributed by atoms with Gasteiger partial charge in [0, 0.05) is 24.5 Å². The van der Waals surface area contributed by atoms with Gasteiger partial charge in [-0.15, -0.1) is 0 Å². The lowest BCUT2D eigenvalue weighted by molar-refractivity contribution is -0.150. The van der Waals surface area contributed by atoms with Crippen molar-refractivity contribution in [3.8, 4) is 17.2 Å². The topological polar surface area (TPSA) is 337 Å². The van der Waals surface area contributed by atoms with Crippen molar-refractivity contribution in [2.24, 2.45) is 0 Å². The van der Waals surface area contributed by atoms with Crippen LogP contribution in [0, 0.1) is 29.1 Å². The summed E-state index contributed by atoms with van der Waals surface area (Å²) in [5.74, 6) is -15.2. The van der Waals surface area contributed by atoms with E-state index >= 15 is 0 Å². The standard InChI is InChI=1S/C21H26Cl2N3O9P.C18H17F5NO5P.C9H10Cl2N2O5/c1-12(2)33-18(29)13(3)25-36(31,35-14-7-5-4-6-8-14)32-11-15-17(28)21(22,23)19(34-15)26-10-9-16(27)24-20(26)30;1-9(2)27-18(25)10(3)24-30(26,28-11-7-5-4-6-8-11)29-17-15(22)13(20)12(19)14(21)16(17)23;10-9(11)6(16)4(3-14)18-7(9)13-2-1-5(15)12-8(13)17/h4-10,12-13,15,17,19,28H,11H2,1-3H3,(H,25,31)(H,24,27,30);4-10H,1-3H3,(H,24,26);1-2,4,6-7,14,16H,3H2,(H,12,15,17)/t13-,15+,17+,19+,36?;10-,30?;4-,6-,7-/m001/s1. The predicted octanol–water partition coefficient (Wildman–Crippen LogP) is 5.94. The van der Waals surface area contributed by atoms with E-state index in [1.54, 1.807) is 38.1 Å². The van der Waals surface area contributed by atoms with Gasteiger partial charge in [-0.25, -0.2) is 31.9 Å². The van der Waals surface area contributed by atoms with Gasteiger partial charge in [-0.05, 0) is 65.8 Å². The van der Waals surface area contributed by atoms with Gasteiger partial charge in [0.2, 0.25) is 34.8 Å². The van der Waals surface area contributed by atoms with Crippen molar-refractivity contribution < 1.29 is 93.0 Å². The first kappa shape index (κ1) is 69.1. The van der Waals surface area contributed by atoms with Crippen molar-refractivity contribution in [3.63, 3.8) is 0 Å². The first-order valence-electron chi connectivity index (χ1n) is 24.3. The Morgan fingerprint density at radius 1 is 0.607 bits per heavy atom. The van der Waals surface area contributed by atoms with Gasteiger partial charge >= 0.3 is 38.8 Å². The minimum Gasteiger partial charge on any atom is -0.462 e. The van der Waals surface area contributed by atoms with Gasteiger partial charge in [0.05, 0.1) is 25.4 Å². The number of nitrogens with one attached hydrogen (secondary N) is 4. The van der Waals surface area contributed by atoms with E-state index in [4.69, 9.17) is 84.0 Å². The second-order valence-corrected chi connectivity index (χ2v) is 24.5. The number of carbonyl (C=O) groups excluding carboxylic acids is 2. The van der Waals surface area contributed by atoms with E-state index in [1.165, 1.54) is 64.1 Å². The molecule has 84 heavy (non-hydrogen) atoms. The van der Waals surface area contributed by atoms with E-state index in [9.17, 15) is 70.1 Å². The molecule has 2 aromatic heterocycles. The molecule has 0 aliphatic carbocycles. The second-order valence-electron chi connectivity index (χ2n) is 18.3. The van der Waals surface area contributed by atoms with E-state index in [-0.39, 0.29) is 11.5 Å². The number of H-pyrrole nitrogens is 2. The molecule has 3 aromatic carbocycles. The fraction of sp³-hybridized carbons (Fsp3) is 0.417. The molecular formula is C48H53Cl4F5N6O19P2. The van der Waals surface area contributed by atoms with E-state index in [0.717, 1.165) is 33.7 Å². The molecule has 0 saturated carbocycles. The molecule has 462 valence electrons. The second kappa shape index (κ2) is 29.1. The molecule has 25 nitrogen and oxygen atoms in total. The van der Waals surface area contributed by atoms with Crippen LogP contribution in [0.25, 0.3) is 0 Å². The monoisotopic (exact) mass is 1310 g/mol. The van der Waals surface area contributed by atoms with Crippen LogP contribution in [0.5, 0.6) is 17.2 Å². The molecule has 2 fully saturated rings. The number of aromatic amines is 2. The highest BCUT2D eigenvalue weighted by atomic mass is 35.5. The Hall–Kier alpha value is -5.69. The maximum atomic E-state index is 14.0. The molecule has 0 bridgehead atoms. The third kappa shape index (κ3) is 17.5. The van der Waals surface area contributed by atoms with Crippen LogP contribution in [-0.2, 0) is 42.2 Å². The molecule has 2 unspecified atom stereocenters. The van der Waals surface area contributed by atoms with Gasteiger partial charge in [-0.2, -0.15) is 19.0 Å². The number of aromatic nitrogens is 4. The summed E-state index contributed by atoms with van der Waals surface area (Å²) in [6, 6.07) is 14.7.